The van der Waals surface area contributed by atoms with Crippen molar-refractivity contribution in [1.82, 2.24) is 10.3 Å². The van der Waals surface area contributed by atoms with Gasteiger partial charge in [0.25, 0.3) is 5.91 Å². The molecule has 0 aliphatic carbocycles. The molecule has 0 saturated heterocycles. The summed E-state index contributed by atoms with van der Waals surface area (Å²) >= 11 is 0. The molecule has 1 aromatic heterocycles. The summed E-state index contributed by atoms with van der Waals surface area (Å²) in [6.45, 7) is 6.38. The van der Waals surface area contributed by atoms with E-state index in [1.54, 1.807) is 0 Å². The molecule has 0 aliphatic rings. The van der Waals surface area contributed by atoms with Crippen molar-refractivity contribution >= 4 is 16.8 Å². The molecule has 2 aromatic rings. The van der Waals surface area contributed by atoms with Crippen LogP contribution in [0.3, 0.4) is 0 Å². The van der Waals surface area contributed by atoms with Gasteiger partial charge >= 0.3 is 0 Å². The largest absolute Gasteiger partial charge is 0.361 e. The number of para-hydroxylation sites is 1. The Hall–Kier alpha value is -1.77. The lowest BCUT2D eigenvalue weighted by molar-refractivity contribution is 0.0890. The fraction of sp³-hybridized carbons (Fsp3) is 0.438. The van der Waals surface area contributed by atoms with Crippen LogP contribution in [0.5, 0.6) is 0 Å². The number of fused-ring (bicyclic) bond motifs is 1. The van der Waals surface area contributed by atoms with E-state index in [2.05, 4.69) is 31.1 Å². The maximum atomic E-state index is 12.5. The predicted octanol–water partition coefficient (Wildman–Crippen LogP) is 3.87. The first-order valence-electron chi connectivity index (χ1n) is 7.04. The van der Waals surface area contributed by atoms with Gasteiger partial charge in [-0.2, -0.15) is 0 Å². The zero-order valence-corrected chi connectivity index (χ0v) is 11.9. The predicted molar refractivity (Wildman–Crippen MR) is 79.4 cm³/mol. The number of hydrogen-bond donors (Lipinski definition) is 2. The average molecular weight is 258 g/mol. The fourth-order valence-electron chi connectivity index (χ4n) is 2.60. The third-order valence-electron chi connectivity index (χ3n) is 4.24. The van der Waals surface area contributed by atoms with Gasteiger partial charge in [-0.3, -0.25) is 4.79 Å². The van der Waals surface area contributed by atoms with Crippen molar-refractivity contribution in [2.75, 3.05) is 0 Å². The minimum absolute atomic E-state index is 0.0126. The van der Waals surface area contributed by atoms with E-state index >= 15 is 0 Å². The lowest BCUT2D eigenvalue weighted by atomic mass is 9.89. The van der Waals surface area contributed by atoms with Crippen LogP contribution in [0.1, 0.15) is 50.4 Å². The number of aromatic amines is 1. The van der Waals surface area contributed by atoms with Gasteiger partial charge in [0.2, 0.25) is 0 Å². The summed E-state index contributed by atoms with van der Waals surface area (Å²) in [5.74, 6) is 0.0126. The number of aromatic nitrogens is 1. The lowest BCUT2D eigenvalue weighted by Crippen LogP contribution is -2.47. The minimum Gasteiger partial charge on any atom is -0.361 e. The van der Waals surface area contributed by atoms with E-state index in [4.69, 9.17) is 0 Å². The molecule has 2 N–H and O–H groups in total. The van der Waals surface area contributed by atoms with Crippen LogP contribution in [0, 0.1) is 0 Å². The van der Waals surface area contributed by atoms with Crippen molar-refractivity contribution in [3.05, 3.63) is 36.0 Å². The van der Waals surface area contributed by atoms with Gasteiger partial charge in [0, 0.05) is 17.1 Å². The van der Waals surface area contributed by atoms with Gasteiger partial charge < -0.3 is 10.3 Å². The SMILES string of the molecule is CCC(CC)(CC)NC(=O)c1cccc2cc[nH]c12. The zero-order valence-electron chi connectivity index (χ0n) is 11.9. The van der Waals surface area contributed by atoms with Gasteiger partial charge in [-0.1, -0.05) is 32.9 Å². The van der Waals surface area contributed by atoms with E-state index in [0.717, 1.165) is 35.7 Å². The molecule has 1 aromatic carbocycles. The summed E-state index contributed by atoms with van der Waals surface area (Å²) in [4.78, 5) is 15.7. The number of H-pyrrole nitrogens is 1. The van der Waals surface area contributed by atoms with Gasteiger partial charge in [0.1, 0.15) is 0 Å². The van der Waals surface area contributed by atoms with Crippen LogP contribution in [0.15, 0.2) is 30.5 Å². The van der Waals surface area contributed by atoms with Crippen LogP contribution in [0.4, 0.5) is 0 Å². The van der Waals surface area contributed by atoms with E-state index in [1.165, 1.54) is 0 Å². The summed E-state index contributed by atoms with van der Waals surface area (Å²) in [6, 6.07) is 7.80. The Morgan fingerprint density at radius 3 is 2.47 bits per heavy atom. The molecule has 0 unspecified atom stereocenters. The Morgan fingerprint density at radius 2 is 1.84 bits per heavy atom. The number of amides is 1. The first-order valence-corrected chi connectivity index (χ1v) is 7.04. The standard InChI is InChI=1S/C16H22N2O/c1-4-16(5-2,6-3)18-15(19)13-9-7-8-12-10-11-17-14(12)13/h7-11,17H,4-6H2,1-3H3,(H,18,19). The summed E-state index contributed by atoms with van der Waals surface area (Å²) < 4.78 is 0. The second-order valence-corrected chi connectivity index (χ2v) is 5.04. The average Bonchev–Trinajstić information content (AvgIpc) is 2.93. The van der Waals surface area contributed by atoms with Crippen molar-refractivity contribution in [1.29, 1.82) is 0 Å². The Bertz CT molecular complexity index is 559. The highest BCUT2D eigenvalue weighted by Gasteiger charge is 2.26. The minimum atomic E-state index is -0.0914. The number of carbonyl (C=O) groups is 1. The quantitative estimate of drug-likeness (QED) is 0.840. The van der Waals surface area contributed by atoms with E-state index in [1.807, 2.05) is 30.5 Å². The third-order valence-corrected chi connectivity index (χ3v) is 4.24. The summed E-state index contributed by atoms with van der Waals surface area (Å²) in [7, 11) is 0. The Labute approximate surface area is 114 Å². The summed E-state index contributed by atoms with van der Waals surface area (Å²) in [5.41, 5.74) is 1.55. The van der Waals surface area contributed by atoms with Gasteiger partial charge in [-0.15, -0.1) is 0 Å². The molecule has 0 aliphatic heterocycles. The highest BCUT2D eigenvalue weighted by atomic mass is 16.1. The maximum absolute atomic E-state index is 12.5. The van der Waals surface area contributed by atoms with Crippen LogP contribution in [0.2, 0.25) is 0 Å². The topological polar surface area (TPSA) is 44.9 Å². The molecule has 3 nitrogen and oxygen atoms in total. The zero-order chi connectivity index (χ0) is 13.9. The second kappa shape index (κ2) is 5.47. The Kier molecular flexibility index (Phi) is 3.93. The number of benzene rings is 1. The van der Waals surface area contributed by atoms with Crippen LogP contribution in [0.25, 0.3) is 10.9 Å². The fourth-order valence-corrected chi connectivity index (χ4v) is 2.60. The first kappa shape index (κ1) is 13.7. The van der Waals surface area contributed by atoms with Gasteiger partial charge in [0.05, 0.1) is 11.1 Å². The number of hydrogen-bond acceptors (Lipinski definition) is 1. The molecule has 0 fully saturated rings. The molecular weight excluding hydrogens is 236 g/mol. The van der Waals surface area contributed by atoms with Crippen molar-refractivity contribution in [3.63, 3.8) is 0 Å². The number of nitrogens with one attached hydrogen (secondary N) is 2. The molecule has 0 radical (unpaired) electrons. The Morgan fingerprint density at radius 1 is 1.16 bits per heavy atom. The van der Waals surface area contributed by atoms with Gasteiger partial charge in [-0.05, 0) is 31.4 Å². The van der Waals surface area contributed by atoms with E-state index in [-0.39, 0.29) is 11.4 Å². The highest BCUT2D eigenvalue weighted by Crippen LogP contribution is 2.22. The van der Waals surface area contributed by atoms with Crippen molar-refractivity contribution < 1.29 is 4.79 Å². The summed E-state index contributed by atoms with van der Waals surface area (Å²) in [5, 5.41) is 4.29. The first-order chi connectivity index (χ1) is 9.15. The highest BCUT2D eigenvalue weighted by molar-refractivity contribution is 6.05. The molecule has 2 rings (SSSR count). The summed E-state index contributed by atoms with van der Waals surface area (Å²) in [6.07, 6.45) is 4.72. The lowest BCUT2D eigenvalue weighted by Gasteiger charge is -2.31. The number of rotatable bonds is 5. The van der Waals surface area contributed by atoms with Crippen LogP contribution >= 0.6 is 0 Å². The van der Waals surface area contributed by atoms with Crippen molar-refractivity contribution in [3.8, 4) is 0 Å². The number of carbonyl (C=O) groups excluding carboxylic acids is 1. The molecular formula is C16H22N2O. The molecule has 0 spiro atoms. The normalized spacial score (nSPS) is 11.7. The molecule has 1 amide bonds. The monoisotopic (exact) mass is 258 g/mol. The van der Waals surface area contributed by atoms with Crippen LogP contribution < -0.4 is 5.32 Å². The Balaban J connectivity index is 2.32. The van der Waals surface area contributed by atoms with Crippen LogP contribution in [-0.4, -0.2) is 16.4 Å². The molecule has 0 atom stereocenters. The van der Waals surface area contributed by atoms with E-state index < -0.39 is 0 Å². The third kappa shape index (κ3) is 2.50. The van der Waals surface area contributed by atoms with Crippen molar-refractivity contribution in [2.45, 2.75) is 45.6 Å². The van der Waals surface area contributed by atoms with Gasteiger partial charge in [-0.25, -0.2) is 0 Å². The molecule has 19 heavy (non-hydrogen) atoms. The molecule has 0 saturated carbocycles. The molecule has 0 bridgehead atoms. The smallest absolute Gasteiger partial charge is 0.253 e. The maximum Gasteiger partial charge on any atom is 0.253 e. The molecule has 1 heterocycles. The van der Waals surface area contributed by atoms with Crippen LogP contribution in [-0.2, 0) is 0 Å². The van der Waals surface area contributed by atoms with Gasteiger partial charge in [0.15, 0.2) is 0 Å². The van der Waals surface area contributed by atoms with E-state index in [9.17, 15) is 4.79 Å². The van der Waals surface area contributed by atoms with Crippen molar-refractivity contribution in [2.24, 2.45) is 0 Å². The molecule has 102 valence electrons. The van der Waals surface area contributed by atoms with E-state index in [0.29, 0.717) is 0 Å². The second-order valence-electron chi connectivity index (χ2n) is 5.04. The molecule has 3 heteroatoms.